The van der Waals surface area contributed by atoms with E-state index in [0.29, 0.717) is 0 Å². The maximum absolute atomic E-state index is 13.1. The number of benzene rings is 3. The summed E-state index contributed by atoms with van der Waals surface area (Å²) in [5.74, 6) is -0.521. The van der Waals surface area contributed by atoms with Crippen LogP contribution in [0.3, 0.4) is 0 Å². The molecule has 1 atom stereocenters. The van der Waals surface area contributed by atoms with Gasteiger partial charge in [-0.3, -0.25) is 0 Å². The molecule has 0 saturated carbocycles. The number of hydrogen-bond donors (Lipinski definition) is 0. The van der Waals surface area contributed by atoms with Gasteiger partial charge in [-0.05, 0) is 51.8 Å². The molecular weight excluding hydrogens is 285 g/mol. The Kier molecular flexibility index (Phi) is 3.81. The van der Waals surface area contributed by atoms with Crippen LogP contribution in [0.15, 0.2) is 66.7 Å². The molecule has 0 N–H and O–H groups in total. The largest absolute Gasteiger partial charge is 0.207 e. The van der Waals surface area contributed by atoms with Crippen LogP contribution in [0.5, 0.6) is 0 Å². The van der Waals surface area contributed by atoms with Crippen LogP contribution >= 0.6 is 9.24 Å². The van der Waals surface area contributed by atoms with Crippen molar-refractivity contribution in [1.82, 2.24) is 0 Å². The molecule has 3 heteroatoms. The molecule has 3 aromatic rings. The molecule has 21 heavy (non-hydrogen) atoms. The Bertz CT molecular complexity index is 762. The molecule has 0 aliphatic carbocycles. The molecule has 3 rings (SSSR count). The van der Waals surface area contributed by atoms with E-state index in [0.717, 1.165) is 27.6 Å². The Hall–Kier alpha value is -2.05. The summed E-state index contributed by atoms with van der Waals surface area (Å²) in [6.45, 7) is 0. The standard InChI is InChI=1S/C18H13F2P/c19-14-8-4-12(5-9-14)16-2-1-3-17(21)18(16)13-6-10-15(20)11-7-13/h1-11H,21H2. The summed E-state index contributed by atoms with van der Waals surface area (Å²) in [6.07, 6.45) is 0. The van der Waals surface area contributed by atoms with Crippen LogP contribution in [-0.4, -0.2) is 0 Å². The van der Waals surface area contributed by atoms with Crippen LogP contribution in [0, 0.1) is 11.6 Å². The first-order valence-corrected chi connectivity index (χ1v) is 7.13. The van der Waals surface area contributed by atoms with E-state index in [9.17, 15) is 8.78 Å². The summed E-state index contributed by atoms with van der Waals surface area (Å²) in [5.41, 5.74) is 3.87. The van der Waals surface area contributed by atoms with Gasteiger partial charge in [-0.25, -0.2) is 8.78 Å². The maximum atomic E-state index is 13.1. The Balaban J connectivity index is 2.20. The Morgan fingerprint density at radius 1 is 0.619 bits per heavy atom. The van der Waals surface area contributed by atoms with Gasteiger partial charge in [-0.15, -0.1) is 9.24 Å². The number of hydrogen-bond acceptors (Lipinski definition) is 0. The normalized spacial score (nSPS) is 10.6. The van der Waals surface area contributed by atoms with Crippen molar-refractivity contribution in [2.24, 2.45) is 0 Å². The maximum Gasteiger partial charge on any atom is 0.123 e. The summed E-state index contributed by atoms with van der Waals surface area (Å²) < 4.78 is 26.2. The lowest BCUT2D eigenvalue weighted by atomic mass is 9.94. The lowest BCUT2D eigenvalue weighted by Crippen LogP contribution is -1.99. The van der Waals surface area contributed by atoms with Crippen molar-refractivity contribution in [2.75, 3.05) is 0 Å². The highest BCUT2D eigenvalue weighted by Gasteiger charge is 2.10. The van der Waals surface area contributed by atoms with Gasteiger partial charge in [0.15, 0.2) is 0 Å². The van der Waals surface area contributed by atoms with Gasteiger partial charge in [0.2, 0.25) is 0 Å². The molecule has 0 spiro atoms. The smallest absolute Gasteiger partial charge is 0.123 e. The third-order valence-electron chi connectivity index (χ3n) is 3.38. The molecular formula is C18H13F2P. The van der Waals surface area contributed by atoms with Crippen molar-refractivity contribution in [2.45, 2.75) is 0 Å². The molecule has 3 aromatic carbocycles. The summed E-state index contributed by atoms with van der Waals surface area (Å²) in [7, 11) is 2.70. The molecule has 0 amide bonds. The van der Waals surface area contributed by atoms with E-state index in [2.05, 4.69) is 9.24 Å². The van der Waals surface area contributed by atoms with Gasteiger partial charge in [0, 0.05) is 0 Å². The van der Waals surface area contributed by atoms with E-state index in [4.69, 9.17) is 0 Å². The van der Waals surface area contributed by atoms with Crippen molar-refractivity contribution >= 4 is 14.5 Å². The highest BCUT2D eigenvalue weighted by atomic mass is 31.0. The third kappa shape index (κ3) is 2.86. The van der Waals surface area contributed by atoms with E-state index in [1.165, 1.54) is 24.3 Å². The summed E-state index contributed by atoms with van der Waals surface area (Å²) in [5, 5.41) is 1.02. The first-order chi connectivity index (χ1) is 10.1. The summed E-state index contributed by atoms with van der Waals surface area (Å²) in [4.78, 5) is 0. The van der Waals surface area contributed by atoms with Crippen molar-refractivity contribution in [3.05, 3.63) is 78.4 Å². The minimum absolute atomic E-state index is 0.260. The van der Waals surface area contributed by atoms with E-state index < -0.39 is 0 Å². The van der Waals surface area contributed by atoms with Crippen molar-refractivity contribution in [3.63, 3.8) is 0 Å². The average molecular weight is 298 g/mol. The predicted molar refractivity (Wildman–Crippen MR) is 86.6 cm³/mol. The molecule has 0 heterocycles. The molecule has 0 bridgehead atoms. The van der Waals surface area contributed by atoms with Crippen molar-refractivity contribution in [3.8, 4) is 22.3 Å². The van der Waals surface area contributed by atoms with Crippen LogP contribution in [0.1, 0.15) is 0 Å². The topological polar surface area (TPSA) is 0 Å². The molecule has 0 fully saturated rings. The fourth-order valence-corrected chi connectivity index (χ4v) is 2.81. The minimum atomic E-state index is -0.261. The SMILES string of the molecule is Fc1ccc(-c2cccc(P)c2-c2ccc(F)cc2)cc1. The second-order valence-corrected chi connectivity index (χ2v) is 5.41. The van der Waals surface area contributed by atoms with Gasteiger partial charge in [0.25, 0.3) is 0 Å². The van der Waals surface area contributed by atoms with Gasteiger partial charge >= 0.3 is 0 Å². The first kappa shape index (κ1) is 13.9. The zero-order valence-corrected chi connectivity index (χ0v) is 12.3. The monoisotopic (exact) mass is 298 g/mol. The average Bonchev–Trinajstić information content (AvgIpc) is 2.49. The van der Waals surface area contributed by atoms with Crippen molar-refractivity contribution in [1.29, 1.82) is 0 Å². The van der Waals surface area contributed by atoms with E-state index in [-0.39, 0.29) is 11.6 Å². The van der Waals surface area contributed by atoms with Crippen LogP contribution < -0.4 is 5.30 Å². The van der Waals surface area contributed by atoms with E-state index >= 15 is 0 Å². The lowest BCUT2D eigenvalue weighted by molar-refractivity contribution is 0.627. The zero-order chi connectivity index (χ0) is 14.8. The highest BCUT2D eigenvalue weighted by molar-refractivity contribution is 7.28. The lowest BCUT2D eigenvalue weighted by Gasteiger charge is -2.13. The second kappa shape index (κ2) is 5.75. The fourth-order valence-electron chi connectivity index (χ4n) is 2.38. The van der Waals surface area contributed by atoms with Crippen LogP contribution in [0.4, 0.5) is 8.78 Å². The second-order valence-electron chi connectivity index (χ2n) is 4.78. The summed E-state index contributed by atoms with van der Waals surface area (Å²) >= 11 is 0. The van der Waals surface area contributed by atoms with Gasteiger partial charge in [0.1, 0.15) is 11.6 Å². The molecule has 104 valence electrons. The predicted octanol–water partition coefficient (Wildman–Crippen LogP) is 4.80. The molecule has 0 radical (unpaired) electrons. The van der Waals surface area contributed by atoms with Crippen LogP contribution in [0.2, 0.25) is 0 Å². The Labute approximate surface area is 124 Å². The quantitative estimate of drug-likeness (QED) is 0.596. The zero-order valence-electron chi connectivity index (χ0n) is 11.2. The molecule has 0 saturated heterocycles. The van der Waals surface area contributed by atoms with Crippen molar-refractivity contribution < 1.29 is 8.78 Å². The van der Waals surface area contributed by atoms with Gasteiger partial charge in [-0.1, -0.05) is 42.5 Å². The molecule has 0 aromatic heterocycles. The minimum Gasteiger partial charge on any atom is -0.207 e. The van der Waals surface area contributed by atoms with Gasteiger partial charge in [0.05, 0.1) is 0 Å². The third-order valence-corrected chi connectivity index (χ3v) is 3.87. The first-order valence-electron chi connectivity index (χ1n) is 6.55. The molecule has 0 aliphatic heterocycles. The highest BCUT2D eigenvalue weighted by Crippen LogP contribution is 2.32. The Morgan fingerprint density at radius 3 is 1.71 bits per heavy atom. The summed E-state index contributed by atoms with van der Waals surface area (Å²) in [6, 6.07) is 18.7. The number of halogens is 2. The van der Waals surface area contributed by atoms with Crippen LogP contribution in [0.25, 0.3) is 22.3 Å². The van der Waals surface area contributed by atoms with Gasteiger partial charge < -0.3 is 0 Å². The van der Waals surface area contributed by atoms with Crippen LogP contribution in [-0.2, 0) is 0 Å². The van der Waals surface area contributed by atoms with Gasteiger partial charge in [-0.2, -0.15) is 0 Å². The molecule has 0 nitrogen and oxygen atoms in total. The number of rotatable bonds is 2. The molecule has 0 aliphatic rings. The Morgan fingerprint density at radius 2 is 1.14 bits per heavy atom. The fraction of sp³-hybridized carbons (Fsp3) is 0. The van der Waals surface area contributed by atoms with E-state index in [1.807, 2.05) is 18.2 Å². The van der Waals surface area contributed by atoms with E-state index in [1.54, 1.807) is 24.3 Å². The molecule has 1 unspecified atom stereocenters.